The van der Waals surface area contributed by atoms with E-state index in [4.69, 9.17) is 16.3 Å². The molecular formula is C12H18ClNO2. The van der Waals surface area contributed by atoms with Crippen LogP contribution in [0.2, 0.25) is 5.02 Å². The van der Waals surface area contributed by atoms with Crippen molar-refractivity contribution in [1.82, 2.24) is 0 Å². The number of aliphatic hydroxyl groups is 1. The lowest BCUT2D eigenvalue weighted by Crippen LogP contribution is -2.23. The fourth-order valence-electron chi connectivity index (χ4n) is 1.53. The third-order valence-corrected chi connectivity index (χ3v) is 2.79. The van der Waals surface area contributed by atoms with Crippen LogP contribution in [-0.4, -0.2) is 31.9 Å². The molecule has 4 heteroatoms. The van der Waals surface area contributed by atoms with Gasteiger partial charge in [0.2, 0.25) is 0 Å². The normalized spacial score (nSPS) is 10.5. The highest BCUT2D eigenvalue weighted by Gasteiger charge is 2.09. The Morgan fingerprint density at radius 2 is 2.19 bits per heavy atom. The van der Waals surface area contributed by atoms with Crippen molar-refractivity contribution in [1.29, 1.82) is 0 Å². The molecule has 0 aromatic heterocycles. The first-order valence-electron chi connectivity index (χ1n) is 5.37. The van der Waals surface area contributed by atoms with Crippen LogP contribution in [0.25, 0.3) is 0 Å². The van der Waals surface area contributed by atoms with E-state index in [1.807, 2.05) is 31.0 Å². The molecular weight excluding hydrogens is 226 g/mol. The van der Waals surface area contributed by atoms with Crippen molar-refractivity contribution in [2.75, 3.05) is 31.7 Å². The summed E-state index contributed by atoms with van der Waals surface area (Å²) in [6.07, 6.45) is 0. The number of halogens is 1. The number of hydrogen-bond donors (Lipinski definition) is 1. The molecule has 0 saturated carbocycles. The standard InChI is InChI=1S/C12H18ClNO2/c1-3-16-8-7-14(2)12-6-4-5-11(13)10(12)9-15/h4-6,15H,3,7-9H2,1-2H3. The average molecular weight is 244 g/mol. The van der Waals surface area contributed by atoms with Gasteiger partial charge in [0.05, 0.1) is 13.2 Å². The van der Waals surface area contributed by atoms with Gasteiger partial charge in [-0.15, -0.1) is 0 Å². The molecule has 0 fully saturated rings. The topological polar surface area (TPSA) is 32.7 Å². The Hall–Kier alpha value is -0.770. The van der Waals surface area contributed by atoms with Gasteiger partial charge in [0.25, 0.3) is 0 Å². The first-order valence-corrected chi connectivity index (χ1v) is 5.75. The zero-order valence-corrected chi connectivity index (χ0v) is 10.5. The van der Waals surface area contributed by atoms with E-state index in [-0.39, 0.29) is 6.61 Å². The third kappa shape index (κ3) is 3.37. The number of rotatable bonds is 6. The minimum Gasteiger partial charge on any atom is -0.392 e. The molecule has 0 atom stereocenters. The number of ether oxygens (including phenoxy) is 1. The molecule has 0 unspecified atom stereocenters. The maximum absolute atomic E-state index is 9.28. The Morgan fingerprint density at radius 1 is 1.44 bits per heavy atom. The summed E-state index contributed by atoms with van der Waals surface area (Å²) >= 11 is 6.02. The minimum absolute atomic E-state index is 0.0476. The Morgan fingerprint density at radius 3 is 2.81 bits per heavy atom. The van der Waals surface area contributed by atoms with Gasteiger partial charge < -0.3 is 14.7 Å². The second kappa shape index (κ2) is 6.74. The van der Waals surface area contributed by atoms with Crippen molar-refractivity contribution in [2.45, 2.75) is 13.5 Å². The largest absolute Gasteiger partial charge is 0.392 e. The van der Waals surface area contributed by atoms with Crippen molar-refractivity contribution in [2.24, 2.45) is 0 Å². The Balaban J connectivity index is 2.74. The quantitative estimate of drug-likeness (QED) is 0.779. The molecule has 0 radical (unpaired) electrons. The van der Waals surface area contributed by atoms with E-state index in [0.29, 0.717) is 11.6 Å². The smallest absolute Gasteiger partial charge is 0.0716 e. The molecule has 0 amide bonds. The summed E-state index contributed by atoms with van der Waals surface area (Å²) in [6.45, 7) is 4.09. The SMILES string of the molecule is CCOCCN(C)c1cccc(Cl)c1CO. The molecule has 90 valence electrons. The van der Waals surface area contributed by atoms with Crippen molar-refractivity contribution in [3.63, 3.8) is 0 Å². The molecule has 0 saturated heterocycles. The summed E-state index contributed by atoms with van der Waals surface area (Å²) in [7, 11) is 1.96. The summed E-state index contributed by atoms with van der Waals surface area (Å²) in [6, 6.07) is 5.62. The molecule has 1 aromatic carbocycles. The van der Waals surface area contributed by atoms with Crippen LogP contribution in [0.5, 0.6) is 0 Å². The molecule has 1 aromatic rings. The molecule has 3 nitrogen and oxygen atoms in total. The summed E-state index contributed by atoms with van der Waals surface area (Å²) in [5, 5.41) is 9.88. The van der Waals surface area contributed by atoms with Crippen molar-refractivity contribution in [3.05, 3.63) is 28.8 Å². The summed E-state index contributed by atoms with van der Waals surface area (Å²) in [5.41, 5.74) is 1.72. The summed E-state index contributed by atoms with van der Waals surface area (Å²) in [4.78, 5) is 2.03. The number of hydrogen-bond acceptors (Lipinski definition) is 3. The van der Waals surface area contributed by atoms with Crippen LogP contribution >= 0.6 is 11.6 Å². The number of aliphatic hydroxyl groups excluding tert-OH is 1. The number of anilines is 1. The lowest BCUT2D eigenvalue weighted by molar-refractivity contribution is 0.154. The van der Waals surface area contributed by atoms with Crippen LogP contribution in [0.4, 0.5) is 5.69 Å². The number of nitrogens with zero attached hydrogens (tertiary/aromatic N) is 1. The molecule has 0 bridgehead atoms. The van der Waals surface area contributed by atoms with Crippen LogP contribution in [0, 0.1) is 0 Å². The van der Waals surface area contributed by atoms with Gasteiger partial charge in [-0.05, 0) is 19.1 Å². The van der Waals surface area contributed by atoms with Gasteiger partial charge in [0.15, 0.2) is 0 Å². The monoisotopic (exact) mass is 243 g/mol. The maximum atomic E-state index is 9.28. The zero-order valence-electron chi connectivity index (χ0n) is 9.74. The Kier molecular flexibility index (Phi) is 5.60. The van der Waals surface area contributed by atoms with Crippen LogP contribution in [0.15, 0.2) is 18.2 Å². The molecule has 16 heavy (non-hydrogen) atoms. The van der Waals surface area contributed by atoms with E-state index in [0.717, 1.165) is 24.4 Å². The molecule has 0 aliphatic rings. The summed E-state index contributed by atoms with van der Waals surface area (Å²) < 4.78 is 5.29. The predicted octanol–water partition coefficient (Wildman–Crippen LogP) is 2.31. The molecule has 1 rings (SSSR count). The van der Waals surface area contributed by atoms with Crippen LogP contribution in [0.3, 0.4) is 0 Å². The van der Waals surface area contributed by atoms with E-state index in [2.05, 4.69) is 0 Å². The highest BCUT2D eigenvalue weighted by Crippen LogP contribution is 2.26. The van der Waals surface area contributed by atoms with Crippen LogP contribution in [0.1, 0.15) is 12.5 Å². The van der Waals surface area contributed by atoms with Crippen LogP contribution in [-0.2, 0) is 11.3 Å². The predicted molar refractivity (Wildman–Crippen MR) is 67.1 cm³/mol. The van der Waals surface area contributed by atoms with Gasteiger partial charge >= 0.3 is 0 Å². The van der Waals surface area contributed by atoms with E-state index >= 15 is 0 Å². The van der Waals surface area contributed by atoms with Crippen molar-refractivity contribution < 1.29 is 9.84 Å². The highest BCUT2D eigenvalue weighted by atomic mass is 35.5. The van der Waals surface area contributed by atoms with E-state index < -0.39 is 0 Å². The van der Waals surface area contributed by atoms with Crippen molar-refractivity contribution in [3.8, 4) is 0 Å². The second-order valence-corrected chi connectivity index (χ2v) is 3.92. The fourth-order valence-corrected chi connectivity index (χ4v) is 1.76. The van der Waals surface area contributed by atoms with E-state index in [1.165, 1.54) is 0 Å². The molecule has 0 aliphatic carbocycles. The lowest BCUT2D eigenvalue weighted by atomic mass is 10.1. The molecule has 0 heterocycles. The minimum atomic E-state index is -0.0476. The Labute approximate surface area is 102 Å². The maximum Gasteiger partial charge on any atom is 0.0716 e. The zero-order chi connectivity index (χ0) is 12.0. The van der Waals surface area contributed by atoms with Crippen LogP contribution < -0.4 is 4.90 Å². The van der Waals surface area contributed by atoms with E-state index in [1.54, 1.807) is 6.07 Å². The molecule has 0 spiro atoms. The molecule has 0 aliphatic heterocycles. The second-order valence-electron chi connectivity index (χ2n) is 3.51. The number of likely N-dealkylation sites (N-methyl/N-ethyl adjacent to an activating group) is 1. The lowest BCUT2D eigenvalue weighted by Gasteiger charge is -2.22. The van der Waals surface area contributed by atoms with E-state index in [9.17, 15) is 5.11 Å². The van der Waals surface area contributed by atoms with Gasteiger partial charge in [0, 0.05) is 36.5 Å². The third-order valence-electron chi connectivity index (χ3n) is 2.44. The van der Waals surface area contributed by atoms with Crippen molar-refractivity contribution >= 4 is 17.3 Å². The first-order chi connectivity index (χ1) is 7.70. The highest BCUT2D eigenvalue weighted by molar-refractivity contribution is 6.31. The van der Waals surface area contributed by atoms with Gasteiger partial charge in [-0.25, -0.2) is 0 Å². The fraction of sp³-hybridized carbons (Fsp3) is 0.500. The van der Waals surface area contributed by atoms with Gasteiger partial charge in [-0.1, -0.05) is 17.7 Å². The Bertz CT molecular complexity index is 331. The average Bonchev–Trinajstić information content (AvgIpc) is 2.29. The molecule has 1 N–H and O–H groups in total. The summed E-state index contributed by atoms with van der Waals surface area (Å²) in [5.74, 6) is 0. The van der Waals surface area contributed by atoms with Gasteiger partial charge in [-0.3, -0.25) is 0 Å². The number of benzene rings is 1. The first kappa shape index (κ1) is 13.3. The van der Waals surface area contributed by atoms with Gasteiger partial charge in [-0.2, -0.15) is 0 Å². The van der Waals surface area contributed by atoms with Gasteiger partial charge in [0.1, 0.15) is 0 Å².